The van der Waals surface area contributed by atoms with Crippen LogP contribution in [0.2, 0.25) is 5.02 Å². The number of hydrogen-bond acceptors (Lipinski definition) is 3. The van der Waals surface area contributed by atoms with Crippen molar-refractivity contribution in [2.24, 2.45) is 5.92 Å². The van der Waals surface area contributed by atoms with Crippen LogP contribution in [0.1, 0.15) is 24.3 Å². The Labute approximate surface area is 123 Å². The summed E-state index contributed by atoms with van der Waals surface area (Å²) in [6.07, 6.45) is 1.34. The molecule has 3 rings (SSSR count). The molecule has 1 saturated heterocycles. The van der Waals surface area contributed by atoms with E-state index in [9.17, 15) is 13.2 Å². The van der Waals surface area contributed by atoms with Gasteiger partial charge in [-0.1, -0.05) is 23.7 Å². The summed E-state index contributed by atoms with van der Waals surface area (Å²) < 4.78 is 22.8. The second kappa shape index (κ2) is 5.04. The zero-order valence-corrected chi connectivity index (χ0v) is 12.5. The molecule has 6 heteroatoms. The van der Waals surface area contributed by atoms with E-state index in [1.165, 1.54) is 0 Å². The van der Waals surface area contributed by atoms with Crippen LogP contribution < -0.4 is 5.32 Å². The molecule has 3 atom stereocenters. The predicted molar refractivity (Wildman–Crippen MR) is 77.5 cm³/mol. The minimum Gasteiger partial charge on any atom is -0.352 e. The Morgan fingerprint density at radius 1 is 1.35 bits per heavy atom. The summed E-state index contributed by atoms with van der Waals surface area (Å²) in [4.78, 5) is 12.0. The van der Waals surface area contributed by atoms with E-state index in [4.69, 9.17) is 11.6 Å². The molecule has 0 spiro atoms. The smallest absolute Gasteiger partial charge is 0.224 e. The molecule has 4 nitrogen and oxygen atoms in total. The van der Waals surface area contributed by atoms with Crippen molar-refractivity contribution in [3.05, 3.63) is 34.9 Å². The van der Waals surface area contributed by atoms with Crippen LogP contribution in [-0.4, -0.2) is 31.9 Å². The summed E-state index contributed by atoms with van der Waals surface area (Å²) in [7, 11) is -3.01. The molecule has 1 aromatic rings. The summed E-state index contributed by atoms with van der Waals surface area (Å²) in [6.45, 7) is 0. The number of nitrogens with one attached hydrogen (secondary N) is 1. The molecular formula is C14H16ClNO3S. The van der Waals surface area contributed by atoms with Crippen molar-refractivity contribution in [3.63, 3.8) is 0 Å². The third-order valence-corrected chi connectivity index (χ3v) is 6.00. The SMILES string of the molecule is O=C(N[C@@H]1C[C@@H]1c1cccc(Cl)c1)[C@H]1CCS(=O)(=O)C1. The second-order valence-electron chi connectivity index (χ2n) is 5.61. The molecule has 1 aliphatic carbocycles. The van der Waals surface area contributed by atoms with E-state index < -0.39 is 9.84 Å². The minimum absolute atomic E-state index is 0.00656. The summed E-state index contributed by atoms with van der Waals surface area (Å²) in [6, 6.07) is 7.76. The van der Waals surface area contributed by atoms with Crippen LogP contribution in [0.5, 0.6) is 0 Å². The van der Waals surface area contributed by atoms with Crippen molar-refractivity contribution in [1.29, 1.82) is 0 Å². The first-order chi connectivity index (χ1) is 9.44. The van der Waals surface area contributed by atoms with Gasteiger partial charge < -0.3 is 5.32 Å². The van der Waals surface area contributed by atoms with Gasteiger partial charge in [-0.05, 0) is 30.5 Å². The highest BCUT2D eigenvalue weighted by atomic mass is 35.5. The highest BCUT2D eigenvalue weighted by molar-refractivity contribution is 7.91. The average molecular weight is 314 g/mol. The molecule has 1 saturated carbocycles. The van der Waals surface area contributed by atoms with E-state index in [-0.39, 0.29) is 29.4 Å². The van der Waals surface area contributed by atoms with Crippen molar-refractivity contribution >= 4 is 27.3 Å². The van der Waals surface area contributed by atoms with Gasteiger partial charge in [0.25, 0.3) is 0 Å². The lowest BCUT2D eigenvalue weighted by atomic mass is 10.1. The Morgan fingerprint density at radius 3 is 2.80 bits per heavy atom. The minimum atomic E-state index is -3.01. The van der Waals surface area contributed by atoms with Crippen molar-refractivity contribution < 1.29 is 13.2 Å². The van der Waals surface area contributed by atoms with E-state index in [1.807, 2.05) is 24.3 Å². The first-order valence-electron chi connectivity index (χ1n) is 6.71. The molecule has 1 amide bonds. The van der Waals surface area contributed by atoms with Gasteiger partial charge in [0.1, 0.15) is 0 Å². The maximum Gasteiger partial charge on any atom is 0.224 e. The van der Waals surface area contributed by atoms with Gasteiger partial charge in [-0.15, -0.1) is 0 Å². The second-order valence-corrected chi connectivity index (χ2v) is 8.28. The Kier molecular flexibility index (Phi) is 3.50. The van der Waals surface area contributed by atoms with E-state index in [2.05, 4.69) is 5.32 Å². The van der Waals surface area contributed by atoms with Gasteiger partial charge in [-0.25, -0.2) is 8.42 Å². The van der Waals surface area contributed by atoms with Gasteiger partial charge in [0, 0.05) is 17.0 Å². The topological polar surface area (TPSA) is 63.2 Å². The van der Waals surface area contributed by atoms with Gasteiger partial charge in [0.2, 0.25) is 5.91 Å². The summed E-state index contributed by atoms with van der Waals surface area (Å²) in [5.41, 5.74) is 1.13. The molecule has 0 radical (unpaired) electrons. The zero-order valence-electron chi connectivity index (χ0n) is 10.9. The van der Waals surface area contributed by atoms with E-state index in [1.54, 1.807) is 0 Å². The highest BCUT2D eigenvalue weighted by Crippen LogP contribution is 2.41. The van der Waals surface area contributed by atoms with Crippen LogP contribution in [0.25, 0.3) is 0 Å². The Hall–Kier alpha value is -1.07. The molecule has 0 aromatic heterocycles. The van der Waals surface area contributed by atoms with Crippen LogP contribution in [0.15, 0.2) is 24.3 Å². The molecule has 1 N–H and O–H groups in total. The number of benzene rings is 1. The number of hydrogen-bond donors (Lipinski definition) is 1. The van der Waals surface area contributed by atoms with Crippen LogP contribution in [0.3, 0.4) is 0 Å². The van der Waals surface area contributed by atoms with Crippen LogP contribution in [0, 0.1) is 5.92 Å². The van der Waals surface area contributed by atoms with Gasteiger partial charge in [0.05, 0.1) is 17.4 Å². The van der Waals surface area contributed by atoms with Crippen molar-refractivity contribution in [3.8, 4) is 0 Å². The monoisotopic (exact) mass is 313 g/mol. The van der Waals surface area contributed by atoms with Crippen LogP contribution in [0.4, 0.5) is 0 Å². The molecule has 0 unspecified atom stereocenters. The first kappa shape index (κ1) is 13.9. The normalized spacial score (nSPS) is 30.9. The van der Waals surface area contributed by atoms with Crippen LogP contribution >= 0.6 is 11.6 Å². The van der Waals surface area contributed by atoms with Gasteiger partial charge in [-0.2, -0.15) is 0 Å². The largest absolute Gasteiger partial charge is 0.352 e. The van der Waals surface area contributed by atoms with E-state index >= 15 is 0 Å². The summed E-state index contributed by atoms with van der Waals surface area (Å²) >= 11 is 5.95. The molecule has 0 bridgehead atoms. The lowest BCUT2D eigenvalue weighted by molar-refractivity contribution is -0.124. The van der Waals surface area contributed by atoms with Crippen molar-refractivity contribution in [1.82, 2.24) is 5.32 Å². The number of rotatable bonds is 3. The van der Waals surface area contributed by atoms with Crippen molar-refractivity contribution in [2.75, 3.05) is 11.5 Å². The summed E-state index contributed by atoms with van der Waals surface area (Å²) in [5, 5.41) is 3.65. The molecule has 2 aliphatic rings. The molecule has 1 heterocycles. The molecule has 108 valence electrons. The highest BCUT2D eigenvalue weighted by Gasteiger charge is 2.42. The molecule has 20 heavy (non-hydrogen) atoms. The Morgan fingerprint density at radius 2 is 2.15 bits per heavy atom. The first-order valence-corrected chi connectivity index (χ1v) is 8.91. The fourth-order valence-corrected chi connectivity index (χ4v) is 4.70. The zero-order chi connectivity index (χ0) is 14.3. The van der Waals surface area contributed by atoms with Crippen LogP contribution in [-0.2, 0) is 14.6 Å². The molecule has 1 aromatic carbocycles. The third kappa shape index (κ3) is 2.99. The number of sulfone groups is 1. The number of carbonyl (C=O) groups excluding carboxylic acids is 1. The number of carbonyl (C=O) groups is 1. The maximum absolute atomic E-state index is 12.0. The fraction of sp³-hybridized carbons (Fsp3) is 0.500. The molecular weight excluding hydrogens is 298 g/mol. The number of amides is 1. The summed E-state index contributed by atoms with van der Waals surface area (Å²) in [5.74, 6) is -0.0715. The Bertz CT molecular complexity index is 644. The maximum atomic E-state index is 12.0. The predicted octanol–water partition coefficient (Wildman–Crippen LogP) is 1.75. The Balaban J connectivity index is 1.57. The van der Waals surface area contributed by atoms with Gasteiger partial charge in [0.15, 0.2) is 9.84 Å². The van der Waals surface area contributed by atoms with Gasteiger partial charge >= 0.3 is 0 Å². The van der Waals surface area contributed by atoms with Gasteiger partial charge in [-0.3, -0.25) is 4.79 Å². The third-order valence-electron chi connectivity index (χ3n) is 4.00. The average Bonchev–Trinajstić information content (AvgIpc) is 3.04. The van der Waals surface area contributed by atoms with E-state index in [0.717, 1.165) is 12.0 Å². The fourth-order valence-electron chi connectivity index (χ4n) is 2.76. The molecule has 1 aliphatic heterocycles. The molecule has 2 fully saturated rings. The lowest BCUT2D eigenvalue weighted by Crippen LogP contribution is -2.33. The van der Waals surface area contributed by atoms with Crippen molar-refractivity contribution in [2.45, 2.75) is 24.8 Å². The van der Waals surface area contributed by atoms with E-state index in [0.29, 0.717) is 17.4 Å². The lowest BCUT2D eigenvalue weighted by Gasteiger charge is -2.09. The number of halogens is 1. The quantitative estimate of drug-likeness (QED) is 0.924. The standard InChI is InChI=1S/C14H16ClNO3S/c15-11-3-1-2-9(6-11)12-7-13(12)16-14(17)10-4-5-20(18,19)8-10/h1-3,6,10,12-13H,4-5,7-8H2,(H,16,17)/t10-,12+,13+/m0/s1.